The van der Waals surface area contributed by atoms with Gasteiger partial charge in [0.15, 0.2) is 0 Å². The molecule has 0 saturated heterocycles. The minimum Gasteiger partial charge on any atom is -0.396 e. The third-order valence-electron chi connectivity index (χ3n) is 2.53. The molecule has 84 valence electrons. The van der Waals surface area contributed by atoms with Gasteiger partial charge < -0.3 is 10.4 Å². The lowest BCUT2D eigenvalue weighted by molar-refractivity contribution is 0.292. The molecule has 0 spiro atoms. The zero-order chi connectivity index (χ0) is 11.1. The number of benzene rings is 1. The van der Waals surface area contributed by atoms with Crippen LogP contribution in [-0.2, 0) is 6.42 Å². The second kappa shape index (κ2) is 6.46. The van der Waals surface area contributed by atoms with Crippen LogP contribution in [0.4, 0.5) is 5.69 Å². The summed E-state index contributed by atoms with van der Waals surface area (Å²) in [5, 5.41) is 12.0. The smallest absolute Gasteiger partial charge is 0.0447 e. The van der Waals surface area contributed by atoms with Gasteiger partial charge in [0.1, 0.15) is 0 Å². The van der Waals surface area contributed by atoms with Gasteiger partial charge >= 0.3 is 0 Å². The standard InChI is InChI=1S/C13H21NO/c1-3-5-12-6-7-13(10-11(12)2)14-8-4-9-15/h6-7,10,14-15H,3-5,8-9H2,1-2H3. The maximum Gasteiger partial charge on any atom is 0.0447 e. The maximum atomic E-state index is 8.67. The Kier molecular flexibility index (Phi) is 5.19. The predicted molar refractivity (Wildman–Crippen MR) is 65.4 cm³/mol. The van der Waals surface area contributed by atoms with E-state index in [2.05, 4.69) is 37.4 Å². The van der Waals surface area contributed by atoms with Crippen molar-refractivity contribution in [2.24, 2.45) is 0 Å². The van der Waals surface area contributed by atoms with Crippen molar-refractivity contribution in [3.63, 3.8) is 0 Å². The Labute approximate surface area is 92.3 Å². The van der Waals surface area contributed by atoms with Crippen LogP contribution in [0.15, 0.2) is 18.2 Å². The average molecular weight is 207 g/mol. The molecule has 0 heterocycles. The number of aliphatic hydroxyl groups is 1. The van der Waals surface area contributed by atoms with Gasteiger partial charge in [0.25, 0.3) is 0 Å². The molecule has 0 amide bonds. The average Bonchev–Trinajstić information content (AvgIpc) is 2.23. The predicted octanol–water partition coefficient (Wildman–Crippen LogP) is 2.74. The van der Waals surface area contributed by atoms with E-state index in [1.54, 1.807) is 0 Å². The molecular formula is C13H21NO. The van der Waals surface area contributed by atoms with E-state index >= 15 is 0 Å². The Morgan fingerprint density at radius 2 is 2.13 bits per heavy atom. The molecule has 0 bridgehead atoms. The van der Waals surface area contributed by atoms with Crippen LogP contribution in [0.1, 0.15) is 30.9 Å². The summed E-state index contributed by atoms with van der Waals surface area (Å²) < 4.78 is 0. The first-order valence-corrected chi connectivity index (χ1v) is 5.72. The Morgan fingerprint density at radius 1 is 1.33 bits per heavy atom. The van der Waals surface area contributed by atoms with Crippen LogP contribution >= 0.6 is 0 Å². The van der Waals surface area contributed by atoms with Crippen LogP contribution in [0.5, 0.6) is 0 Å². The molecule has 2 N–H and O–H groups in total. The summed E-state index contributed by atoms with van der Waals surface area (Å²) in [6.07, 6.45) is 3.15. The highest BCUT2D eigenvalue weighted by Crippen LogP contribution is 2.16. The van der Waals surface area contributed by atoms with E-state index in [1.807, 2.05) is 0 Å². The summed E-state index contributed by atoms with van der Waals surface area (Å²) in [6, 6.07) is 6.50. The molecule has 0 fully saturated rings. The topological polar surface area (TPSA) is 32.3 Å². The summed E-state index contributed by atoms with van der Waals surface area (Å²) in [7, 11) is 0. The lowest BCUT2D eigenvalue weighted by Gasteiger charge is -2.09. The van der Waals surface area contributed by atoms with Gasteiger partial charge in [-0.2, -0.15) is 0 Å². The van der Waals surface area contributed by atoms with E-state index in [0.717, 1.165) is 25.1 Å². The molecule has 0 saturated carbocycles. The van der Waals surface area contributed by atoms with E-state index < -0.39 is 0 Å². The molecule has 2 heteroatoms. The van der Waals surface area contributed by atoms with Crippen LogP contribution in [-0.4, -0.2) is 18.3 Å². The van der Waals surface area contributed by atoms with Crippen molar-refractivity contribution in [2.75, 3.05) is 18.5 Å². The van der Waals surface area contributed by atoms with Gasteiger partial charge in [-0.15, -0.1) is 0 Å². The van der Waals surface area contributed by atoms with Crippen molar-refractivity contribution in [2.45, 2.75) is 33.1 Å². The van der Waals surface area contributed by atoms with Crippen molar-refractivity contribution in [1.29, 1.82) is 0 Å². The summed E-state index contributed by atoms with van der Waals surface area (Å²) in [4.78, 5) is 0. The lowest BCUT2D eigenvalue weighted by atomic mass is 10.0. The van der Waals surface area contributed by atoms with E-state index in [4.69, 9.17) is 5.11 Å². The van der Waals surface area contributed by atoms with Crippen LogP contribution < -0.4 is 5.32 Å². The molecule has 0 unspecified atom stereocenters. The van der Waals surface area contributed by atoms with Crippen molar-refractivity contribution in [3.05, 3.63) is 29.3 Å². The fraction of sp³-hybridized carbons (Fsp3) is 0.538. The molecule has 1 aromatic rings. The third-order valence-corrected chi connectivity index (χ3v) is 2.53. The molecular weight excluding hydrogens is 186 g/mol. The van der Waals surface area contributed by atoms with Crippen LogP contribution in [0.25, 0.3) is 0 Å². The minimum absolute atomic E-state index is 0.250. The zero-order valence-corrected chi connectivity index (χ0v) is 9.71. The SMILES string of the molecule is CCCc1ccc(NCCCO)cc1C. The van der Waals surface area contributed by atoms with Gasteiger partial charge in [0.2, 0.25) is 0 Å². The highest BCUT2D eigenvalue weighted by molar-refractivity contribution is 5.48. The monoisotopic (exact) mass is 207 g/mol. The van der Waals surface area contributed by atoms with E-state index in [1.165, 1.54) is 17.5 Å². The Bertz CT molecular complexity index is 297. The van der Waals surface area contributed by atoms with Gasteiger partial charge in [-0.05, 0) is 43.0 Å². The number of aryl methyl sites for hydroxylation is 2. The summed E-state index contributed by atoms with van der Waals surface area (Å²) in [5.41, 5.74) is 3.94. The molecule has 2 nitrogen and oxygen atoms in total. The van der Waals surface area contributed by atoms with Crippen molar-refractivity contribution >= 4 is 5.69 Å². The van der Waals surface area contributed by atoms with Gasteiger partial charge in [0.05, 0.1) is 0 Å². The normalized spacial score (nSPS) is 10.3. The highest BCUT2D eigenvalue weighted by Gasteiger charge is 1.98. The number of hydrogen-bond acceptors (Lipinski definition) is 2. The molecule has 0 atom stereocenters. The van der Waals surface area contributed by atoms with Crippen molar-refractivity contribution in [1.82, 2.24) is 0 Å². The summed E-state index contributed by atoms with van der Waals surface area (Å²) in [5.74, 6) is 0. The first kappa shape index (κ1) is 12.1. The number of aliphatic hydroxyl groups excluding tert-OH is 1. The van der Waals surface area contributed by atoms with Crippen LogP contribution in [0.2, 0.25) is 0 Å². The van der Waals surface area contributed by atoms with Gasteiger partial charge in [-0.1, -0.05) is 19.4 Å². The van der Waals surface area contributed by atoms with E-state index in [-0.39, 0.29) is 6.61 Å². The maximum absolute atomic E-state index is 8.67. The number of hydrogen-bond donors (Lipinski definition) is 2. The molecule has 0 aromatic heterocycles. The molecule has 0 radical (unpaired) electrons. The molecule has 15 heavy (non-hydrogen) atoms. The number of anilines is 1. The second-order valence-corrected chi connectivity index (χ2v) is 3.90. The third kappa shape index (κ3) is 3.92. The molecule has 1 rings (SSSR count). The highest BCUT2D eigenvalue weighted by atomic mass is 16.3. The molecule has 0 aliphatic carbocycles. The first-order chi connectivity index (χ1) is 7.27. The summed E-state index contributed by atoms with van der Waals surface area (Å²) in [6.45, 7) is 5.44. The summed E-state index contributed by atoms with van der Waals surface area (Å²) >= 11 is 0. The van der Waals surface area contributed by atoms with Crippen molar-refractivity contribution in [3.8, 4) is 0 Å². The Hall–Kier alpha value is -1.02. The fourth-order valence-electron chi connectivity index (χ4n) is 1.67. The van der Waals surface area contributed by atoms with Gasteiger partial charge in [0, 0.05) is 18.8 Å². The van der Waals surface area contributed by atoms with Crippen LogP contribution in [0, 0.1) is 6.92 Å². The lowest BCUT2D eigenvalue weighted by Crippen LogP contribution is -2.03. The molecule has 1 aromatic carbocycles. The Balaban J connectivity index is 2.56. The molecule has 0 aliphatic rings. The first-order valence-electron chi connectivity index (χ1n) is 5.72. The van der Waals surface area contributed by atoms with Crippen molar-refractivity contribution < 1.29 is 5.11 Å². The fourth-order valence-corrected chi connectivity index (χ4v) is 1.67. The van der Waals surface area contributed by atoms with Gasteiger partial charge in [-0.25, -0.2) is 0 Å². The number of rotatable bonds is 6. The molecule has 0 aliphatic heterocycles. The number of nitrogens with one attached hydrogen (secondary N) is 1. The van der Waals surface area contributed by atoms with Crippen LogP contribution in [0.3, 0.4) is 0 Å². The van der Waals surface area contributed by atoms with Gasteiger partial charge in [-0.3, -0.25) is 0 Å². The second-order valence-electron chi connectivity index (χ2n) is 3.90. The quantitative estimate of drug-likeness (QED) is 0.703. The Morgan fingerprint density at radius 3 is 2.73 bits per heavy atom. The minimum atomic E-state index is 0.250. The zero-order valence-electron chi connectivity index (χ0n) is 9.71. The largest absolute Gasteiger partial charge is 0.396 e. The van der Waals surface area contributed by atoms with E-state index in [0.29, 0.717) is 0 Å². The van der Waals surface area contributed by atoms with E-state index in [9.17, 15) is 0 Å².